The van der Waals surface area contributed by atoms with Gasteiger partial charge in [0, 0.05) is 6.20 Å². The molecule has 0 saturated carbocycles. The molecule has 0 atom stereocenters. The number of rotatable bonds is 2. The first kappa shape index (κ1) is 11.5. The van der Waals surface area contributed by atoms with Crippen molar-refractivity contribution in [2.24, 2.45) is 5.73 Å². The lowest BCUT2D eigenvalue weighted by Crippen LogP contribution is -2.17. The number of nitrogen functional groups attached to an aromatic ring is 1. The summed E-state index contributed by atoms with van der Waals surface area (Å²) in [5.41, 5.74) is 6.59. The molecule has 0 aliphatic carbocycles. The highest BCUT2D eigenvalue weighted by atomic mass is 35.5. The van der Waals surface area contributed by atoms with Crippen LogP contribution < -0.4 is 5.73 Å². The van der Waals surface area contributed by atoms with Crippen LogP contribution in [-0.2, 0) is 0 Å². The normalized spacial score (nSPS) is 10.5. The van der Waals surface area contributed by atoms with Crippen molar-refractivity contribution in [3.63, 3.8) is 0 Å². The SMILES string of the molecule is Cc1ncc(C(=N)N)c(-n2cc(Cl)c(C)n2)n1. The predicted molar refractivity (Wildman–Crippen MR) is 64.7 cm³/mol. The van der Waals surface area contributed by atoms with Crippen LogP contribution in [-0.4, -0.2) is 25.6 Å². The average Bonchev–Trinajstić information content (AvgIpc) is 2.58. The van der Waals surface area contributed by atoms with Gasteiger partial charge in [0.1, 0.15) is 11.7 Å². The maximum Gasteiger partial charge on any atom is 0.167 e. The van der Waals surface area contributed by atoms with E-state index in [1.54, 1.807) is 20.0 Å². The number of nitrogens with one attached hydrogen (secondary N) is 1. The lowest BCUT2D eigenvalue weighted by molar-refractivity contribution is 0.813. The maximum atomic E-state index is 7.48. The Bertz CT molecular complexity index is 569. The van der Waals surface area contributed by atoms with Crippen LogP contribution in [0.4, 0.5) is 0 Å². The first-order valence-electron chi connectivity index (χ1n) is 4.89. The molecule has 0 fully saturated rings. The number of nitrogens with zero attached hydrogens (tertiary/aromatic N) is 4. The Hall–Kier alpha value is -1.95. The quantitative estimate of drug-likeness (QED) is 0.619. The fraction of sp³-hybridized carbons (Fsp3) is 0.200. The van der Waals surface area contributed by atoms with Gasteiger partial charge >= 0.3 is 0 Å². The van der Waals surface area contributed by atoms with Crippen molar-refractivity contribution >= 4 is 17.4 Å². The molecule has 0 radical (unpaired) electrons. The van der Waals surface area contributed by atoms with E-state index in [2.05, 4.69) is 15.1 Å². The van der Waals surface area contributed by atoms with Crippen LogP contribution in [0.1, 0.15) is 17.1 Å². The minimum Gasteiger partial charge on any atom is -0.384 e. The van der Waals surface area contributed by atoms with Crippen LogP contribution in [0.25, 0.3) is 5.82 Å². The van der Waals surface area contributed by atoms with Crippen LogP contribution in [0.15, 0.2) is 12.4 Å². The Morgan fingerprint density at radius 3 is 2.71 bits per heavy atom. The van der Waals surface area contributed by atoms with Crippen molar-refractivity contribution in [2.75, 3.05) is 0 Å². The van der Waals surface area contributed by atoms with Crippen molar-refractivity contribution in [1.29, 1.82) is 5.41 Å². The standard InChI is InChI=1S/C10H11ClN6/c1-5-8(11)4-17(16-5)10-7(9(12)13)3-14-6(2)15-10/h3-4H,1-2H3,(H3,12,13). The summed E-state index contributed by atoms with van der Waals surface area (Å²) >= 11 is 5.94. The zero-order chi connectivity index (χ0) is 12.6. The van der Waals surface area contributed by atoms with Gasteiger partial charge in [0.05, 0.1) is 22.5 Å². The van der Waals surface area contributed by atoms with E-state index in [4.69, 9.17) is 22.7 Å². The van der Waals surface area contributed by atoms with E-state index in [1.165, 1.54) is 10.9 Å². The van der Waals surface area contributed by atoms with E-state index in [-0.39, 0.29) is 5.84 Å². The molecule has 0 aliphatic rings. The highest BCUT2D eigenvalue weighted by molar-refractivity contribution is 6.31. The molecule has 2 aromatic rings. The highest BCUT2D eigenvalue weighted by Gasteiger charge is 2.13. The van der Waals surface area contributed by atoms with Gasteiger partial charge in [0.25, 0.3) is 0 Å². The molecule has 88 valence electrons. The molecule has 17 heavy (non-hydrogen) atoms. The Balaban J connectivity index is 2.64. The second kappa shape index (κ2) is 4.14. The fourth-order valence-electron chi connectivity index (χ4n) is 1.37. The third-order valence-electron chi connectivity index (χ3n) is 2.24. The van der Waals surface area contributed by atoms with Crippen LogP contribution in [0, 0.1) is 19.3 Å². The van der Waals surface area contributed by atoms with E-state index in [9.17, 15) is 0 Å². The molecular formula is C10H11ClN6. The Labute approximate surface area is 103 Å². The molecule has 0 unspecified atom stereocenters. The number of hydrogen-bond donors (Lipinski definition) is 2. The van der Waals surface area contributed by atoms with Gasteiger partial charge in [-0.3, -0.25) is 5.41 Å². The molecular weight excluding hydrogens is 240 g/mol. The summed E-state index contributed by atoms with van der Waals surface area (Å²) in [5, 5.41) is 12.2. The van der Waals surface area contributed by atoms with Gasteiger partial charge in [-0.2, -0.15) is 5.10 Å². The van der Waals surface area contributed by atoms with Crippen LogP contribution >= 0.6 is 11.6 Å². The maximum absolute atomic E-state index is 7.48. The number of hydrogen-bond acceptors (Lipinski definition) is 4. The summed E-state index contributed by atoms with van der Waals surface area (Å²) in [6.07, 6.45) is 3.13. The molecule has 6 nitrogen and oxygen atoms in total. The van der Waals surface area contributed by atoms with Crippen molar-refractivity contribution in [2.45, 2.75) is 13.8 Å². The van der Waals surface area contributed by atoms with Gasteiger partial charge in [-0.05, 0) is 13.8 Å². The van der Waals surface area contributed by atoms with E-state index in [0.717, 1.165) is 0 Å². The first-order chi connectivity index (χ1) is 7.99. The lowest BCUT2D eigenvalue weighted by Gasteiger charge is -2.07. The second-order valence-electron chi connectivity index (χ2n) is 3.58. The number of aromatic nitrogens is 4. The highest BCUT2D eigenvalue weighted by Crippen LogP contribution is 2.17. The number of aryl methyl sites for hydroxylation is 2. The average molecular weight is 251 g/mol. The molecule has 0 saturated heterocycles. The summed E-state index contributed by atoms with van der Waals surface area (Å²) < 4.78 is 1.50. The molecule has 3 N–H and O–H groups in total. The van der Waals surface area contributed by atoms with E-state index < -0.39 is 0 Å². The van der Waals surface area contributed by atoms with Gasteiger partial charge < -0.3 is 5.73 Å². The van der Waals surface area contributed by atoms with Crippen molar-refractivity contribution < 1.29 is 0 Å². The van der Waals surface area contributed by atoms with Gasteiger partial charge in [-0.25, -0.2) is 14.6 Å². The van der Waals surface area contributed by atoms with Crippen LogP contribution in [0.5, 0.6) is 0 Å². The lowest BCUT2D eigenvalue weighted by atomic mass is 10.3. The summed E-state index contributed by atoms with van der Waals surface area (Å²) in [6.45, 7) is 3.55. The molecule has 7 heteroatoms. The smallest absolute Gasteiger partial charge is 0.167 e. The molecule has 0 aromatic carbocycles. The minimum absolute atomic E-state index is 0.107. The molecule has 2 rings (SSSR count). The van der Waals surface area contributed by atoms with Crippen molar-refractivity contribution in [3.8, 4) is 5.82 Å². The summed E-state index contributed by atoms with van der Waals surface area (Å²) in [4.78, 5) is 8.24. The Kier molecular flexibility index (Phi) is 2.81. The van der Waals surface area contributed by atoms with E-state index in [0.29, 0.717) is 27.9 Å². The van der Waals surface area contributed by atoms with Gasteiger partial charge in [0.15, 0.2) is 5.82 Å². The number of amidine groups is 1. The molecule has 0 spiro atoms. The summed E-state index contributed by atoms with van der Waals surface area (Å²) in [5.74, 6) is 0.929. The molecule has 0 aliphatic heterocycles. The van der Waals surface area contributed by atoms with Gasteiger partial charge in [-0.1, -0.05) is 11.6 Å². The van der Waals surface area contributed by atoms with E-state index in [1.807, 2.05) is 0 Å². The van der Waals surface area contributed by atoms with E-state index >= 15 is 0 Å². The van der Waals surface area contributed by atoms with Gasteiger partial charge in [0.2, 0.25) is 0 Å². The molecule has 0 bridgehead atoms. The topological polar surface area (TPSA) is 93.5 Å². The second-order valence-corrected chi connectivity index (χ2v) is 3.98. The first-order valence-corrected chi connectivity index (χ1v) is 5.27. The van der Waals surface area contributed by atoms with Crippen LogP contribution in [0.3, 0.4) is 0 Å². The zero-order valence-corrected chi connectivity index (χ0v) is 10.2. The van der Waals surface area contributed by atoms with Gasteiger partial charge in [-0.15, -0.1) is 0 Å². The summed E-state index contributed by atoms with van der Waals surface area (Å²) in [6, 6.07) is 0. The van der Waals surface area contributed by atoms with Crippen molar-refractivity contribution in [1.82, 2.24) is 19.7 Å². The van der Waals surface area contributed by atoms with Crippen molar-refractivity contribution in [3.05, 3.63) is 34.5 Å². The third kappa shape index (κ3) is 2.12. The molecule has 0 amide bonds. The predicted octanol–water partition coefficient (Wildman–Crippen LogP) is 1.22. The number of halogens is 1. The molecule has 2 aromatic heterocycles. The number of nitrogens with two attached hydrogens (primary N) is 1. The third-order valence-corrected chi connectivity index (χ3v) is 2.61. The monoisotopic (exact) mass is 250 g/mol. The fourth-order valence-corrected chi connectivity index (χ4v) is 1.50. The largest absolute Gasteiger partial charge is 0.384 e. The Morgan fingerprint density at radius 2 is 2.18 bits per heavy atom. The molecule has 2 heterocycles. The Morgan fingerprint density at radius 1 is 1.47 bits per heavy atom. The minimum atomic E-state index is -0.107. The zero-order valence-electron chi connectivity index (χ0n) is 9.40. The van der Waals surface area contributed by atoms with Crippen LogP contribution in [0.2, 0.25) is 5.02 Å². The summed E-state index contributed by atoms with van der Waals surface area (Å²) in [7, 11) is 0.